The van der Waals surface area contributed by atoms with Crippen molar-refractivity contribution >= 4 is 12.2 Å². The molecule has 1 atom stereocenters. The van der Waals surface area contributed by atoms with E-state index in [1.54, 1.807) is 24.3 Å². The highest BCUT2D eigenvalue weighted by Crippen LogP contribution is 2.29. The summed E-state index contributed by atoms with van der Waals surface area (Å²) in [5.41, 5.74) is 0.801. The molecule has 0 radical (unpaired) electrons. The molecular weight excluding hydrogens is 336 g/mol. The minimum absolute atomic E-state index is 0.142. The molecule has 144 valence electrons. The number of benzene rings is 1. The second-order valence-corrected chi connectivity index (χ2v) is 5.80. The molecule has 1 aromatic rings. The van der Waals surface area contributed by atoms with Crippen molar-refractivity contribution in [3.8, 4) is 11.5 Å². The summed E-state index contributed by atoms with van der Waals surface area (Å²) in [6.07, 6.45) is 3.62. The first-order valence-corrected chi connectivity index (χ1v) is 8.39. The summed E-state index contributed by atoms with van der Waals surface area (Å²) in [4.78, 5) is 11.0. The number of hydrogen-bond acceptors (Lipinski definition) is 6. The van der Waals surface area contributed by atoms with Crippen molar-refractivity contribution in [3.63, 3.8) is 0 Å². The zero-order valence-corrected chi connectivity index (χ0v) is 15.5. The Morgan fingerprint density at radius 2 is 2.08 bits per heavy atom. The molecule has 0 heterocycles. The van der Waals surface area contributed by atoms with Crippen LogP contribution in [0.3, 0.4) is 0 Å². The highest BCUT2D eigenvalue weighted by Gasteiger charge is 2.10. The maximum atomic E-state index is 11.0. The Morgan fingerprint density at radius 1 is 1.31 bits per heavy atom. The van der Waals surface area contributed by atoms with Gasteiger partial charge in [-0.15, -0.1) is 0 Å². The Hall–Kier alpha value is -2.51. The van der Waals surface area contributed by atoms with Crippen LogP contribution in [0.2, 0.25) is 0 Å². The zero-order valence-electron chi connectivity index (χ0n) is 15.5. The van der Waals surface area contributed by atoms with Crippen LogP contribution in [-0.2, 0) is 4.74 Å². The molecule has 1 amide bonds. The van der Waals surface area contributed by atoms with E-state index >= 15 is 0 Å². The number of carbonyl (C=O) groups is 1. The zero-order chi connectivity index (χ0) is 19.4. The van der Waals surface area contributed by atoms with Gasteiger partial charge in [0.05, 0.1) is 7.11 Å². The fraction of sp³-hybridized carbons (Fsp3) is 0.421. The number of ether oxygens (including phenoxy) is 3. The molecule has 3 N–H and O–H groups in total. The van der Waals surface area contributed by atoms with Crippen molar-refractivity contribution in [2.45, 2.75) is 26.0 Å². The van der Waals surface area contributed by atoms with Gasteiger partial charge in [-0.05, 0) is 23.8 Å². The van der Waals surface area contributed by atoms with Gasteiger partial charge in [-0.25, -0.2) is 4.79 Å². The van der Waals surface area contributed by atoms with E-state index in [-0.39, 0.29) is 6.61 Å². The third-order valence-corrected chi connectivity index (χ3v) is 3.18. The van der Waals surface area contributed by atoms with Gasteiger partial charge in [0.15, 0.2) is 11.5 Å². The van der Waals surface area contributed by atoms with E-state index in [1.165, 1.54) is 13.3 Å². The molecule has 0 aromatic heterocycles. The van der Waals surface area contributed by atoms with Crippen molar-refractivity contribution in [3.05, 3.63) is 42.6 Å². The third kappa shape index (κ3) is 8.55. The van der Waals surface area contributed by atoms with Gasteiger partial charge in [0, 0.05) is 18.8 Å². The van der Waals surface area contributed by atoms with Gasteiger partial charge >= 0.3 is 6.09 Å². The molecule has 0 bridgehead atoms. The Morgan fingerprint density at radius 3 is 2.73 bits per heavy atom. The largest absolute Gasteiger partial charge is 0.487 e. The van der Waals surface area contributed by atoms with Crippen LogP contribution >= 0.6 is 0 Å². The predicted molar refractivity (Wildman–Crippen MR) is 101 cm³/mol. The molecule has 7 heteroatoms. The molecule has 0 aliphatic rings. The van der Waals surface area contributed by atoms with Crippen molar-refractivity contribution in [1.29, 1.82) is 0 Å². The van der Waals surface area contributed by atoms with Crippen LogP contribution in [-0.4, -0.2) is 50.2 Å². The van der Waals surface area contributed by atoms with E-state index in [0.717, 1.165) is 5.56 Å². The smallest absolute Gasteiger partial charge is 0.410 e. The van der Waals surface area contributed by atoms with Crippen molar-refractivity contribution < 1.29 is 24.1 Å². The molecule has 1 rings (SSSR count). The average Bonchev–Trinajstić information content (AvgIpc) is 2.63. The summed E-state index contributed by atoms with van der Waals surface area (Å²) < 4.78 is 15.8. The van der Waals surface area contributed by atoms with Crippen molar-refractivity contribution in [2.24, 2.45) is 0 Å². The van der Waals surface area contributed by atoms with E-state index in [4.69, 9.17) is 9.47 Å². The van der Waals surface area contributed by atoms with Gasteiger partial charge < -0.3 is 24.6 Å². The van der Waals surface area contributed by atoms with Crippen LogP contribution in [0.4, 0.5) is 4.79 Å². The van der Waals surface area contributed by atoms with Crippen LogP contribution in [0.1, 0.15) is 19.4 Å². The summed E-state index contributed by atoms with van der Waals surface area (Å²) >= 11 is 0. The summed E-state index contributed by atoms with van der Waals surface area (Å²) in [6.45, 7) is 8.56. The normalized spacial score (nSPS) is 12.0. The van der Waals surface area contributed by atoms with Crippen LogP contribution in [0.15, 0.2) is 37.1 Å². The molecule has 0 spiro atoms. The molecule has 7 nitrogen and oxygen atoms in total. The highest BCUT2D eigenvalue weighted by molar-refractivity contribution is 5.69. The van der Waals surface area contributed by atoms with Crippen LogP contribution in [0.5, 0.6) is 11.5 Å². The molecule has 0 fully saturated rings. The number of aliphatic hydroxyl groups is 1. The topological polar surface area (TPSA) is 89.1 Å². The molecule has 0 saturated carbocycles. The molecule has 1 unspecified atom stereocenters. The van der Waals surface area contributed by atoms with Gasteiger partial charge in [-0.1, -0.05) is 32.6 Å². The number of nitrogens with one attached hydrogen (secondary N) is 2. The minimum Gasteiger partial charge on any atom is -0.487 e. The van der Waals surface area contributed by atoms with Crippen molar-refractivity contribution in [2.75, 3.05) is 26.9 Å². The Kier molecular flexibility index (Phi) is 9.89. The number of methoxy groups -OCH3 is 1. The van der Waals surface area contributed by atoms with Crippen molar-refractivity contribution in [1.82, 2.24) is 10.6 Å². The maximum Gasteiger partial charge on any atom is 0.410 e. The maximum absolute atomic E-state index is 11.0. The molecular formula is C19H28N2O5. The second-order valence-electron chi connectivity index (χ2n) is 5.80. The second kappa shape index (κ2) is 11.9. The number of alkyl carbamates (subject to hydrolysis) is 1. The summed E-state index contributed by atoms with van der Waals surface area (Å²) in [5, 5.41) is 15.6. The number of carbonyl (C=O) groups excluding carboxylic acids is 1. The standard InChI is InChI=1S/C19H28N2O5/c1-5-10-25-18-11-15(8-9-20-19(23)24-4)6-7-17(18)26-13-16(22)12-21-14(2)3/h5-9,11,14,16,21-22H,1,10,12-13H2,2-4H3,(H,20,23)/b9-8+. The molecule has 0 aliphatic heterocycles. The van der Waals surface area contributed by atoms with Gasteiger partial charge in [0.25, 0.3) is 0 Å². The lowest BCUT2D eigenvalue weighted by Crippen LogP contribution is -2.35. The van der Waals surface area contributed by atoms with Crippen LogP contribution in [0.25, 0.3) is 6.08 Å². The SMILES string of the molecule is C=CCOc1cc(/C=C/NC(=O)OC)ccc1OCC(O)CNC(C)C. The fourth-order valence-corrected chi connectivity index (χ4v) is 1.89. The molecule has 26 heavy (non-hydrogen) atoms. The van der Waals surface area contributed by atoms with E-state index < -0.39 is 12.2 Å². The minimum atomic E-state index is -0.631. The van der Waals surface area contributed by atoms with Gasteiger partial charge in [0.2, 0.25) is 0 Å². The summed E-state index contributed by atoms with van der Waals surface area (Å²) in [5.74, 6) is 1.04. The first-order chi connectivity index (χ1) is 12.5. The predicted octanol–water partition coefficient (Wildman–Crippen LogP) is 2.32. The quantitative estimate of drug-likeness (QED) is 0.522. The van der Waals surface area contributed by atoms with E-state index in [1.807, 2.05) is 19.9 Å². The number of amides is 1. The van der Waals surface area contributed by atoms with Gasteiger partial charge in [0.1, 0.15) is 19.3 Å². The van der Waals surface area contributed by atoms with Crippen LogP contribution < -0.4 is 20.1 Å². The number of aliphatic hydroxyl groups excluding tert-OH is 1. The molecule has 1 aromatic carbocycles. The lowest BCUT2D eigenvalue weighted by molar-refractivity contribution is 0.102. The van der Waals surface area contributed by atoms with E-state index in [9.17, 15) is 9.90 Å². The molecule has 0 saturated heterocycles. The number of hydrogen-bond donors (Lipinski definition) is 3. The van der Waals surface area contributed by atoms with E-state index in [2.05, 4.69) is 21.9 Å². The monoisotopic (exact) mass is 364 g/mol. The summed E-state index contributed by atoms with van der Waals surface area (Å²) in [7, 11) is 1.29. The first kappa shape index (κ1) is 21.5. The van der Waals surface area contributed by atoms with Crippen LogP contribution in [0, 0.1) is 0 Å². The molecule has 0 aliphatic carbocycles. The highest BCUT2D eigenvalue weighted by atomic mass is 16.5. The first-order valence-electron chi connectivity index (χ1n) is 8.39. The van der Waals surface area contributed by atoms with Gasteiger partial charge in [-0.2, -0.15) is 0 Å². The Labute approximate surface area is 154 Å². The Balaban J connectivity index is 2.74. The Bertz CT molecular complexity index is 602. The van der Waals surface area contributed by atoms with Gasteiger partial charge in [-0.3, -0.25) is 5.32 Å². The fourth-order valence-electron chi connectivity index (χ4n) is 1.89. The summed E-state index contributed by atoms with van der Waals surface area (Å²) in [6, 6.07) is 5.62. The lowest BCUT2D eigenvalue weighted by Gasteiger charge is -2.17. The third-order valence-electron chi connectivity index (χ3n) is 3.18. The average molecular weight is 364 g/mol. The number of rotatable bonds is 11. The van der Waals surface area contributed by atoms with E-state index in [0.29, 0.717) is 30.7 Å². The lowest BCUT2D eigenvalue weighted by atomic mass is 10.2.